The van der Waals surface area contributed by atoms with Gasteiger partial charge in [-0.15, -0.1) is 0 Å². The minimum absolute atomic E-state index is 0.221. The zero-order valence-electron chi connectivity index (χ0n) is 13.1. The van der Waals surface area contributed by atoms with Crippen molar-refractivity contribution in [2.45, 2.75) is 63.1 Å². The zero-order chi connectivity index (χ0) is 14.8. The SMILES string of the molecule is CCNC1C(S(=O)c2cccc(C)c2)CCCC1(C)C. The molecule has 2 rings (SSSR count). The summed E-state index contributed by atoms with van der Waals surface area (Å²) in [5.74, 6) is 0. The van der Waals surface area contributed by atoms with Crippen LogP contribution in [0.2, 0.25) is 0 Å². The van der Waals surface area contributed by atoms with Gasteiger partial charge in [-0.25, -0.2) is 0 Å². The first-order chi connectivity index (χ1) is 9.45. The fourth-order valence-electron chi connectivity index (χ4n) is 3.36. The van der Waals surface area contributed by atoms with E-state index in [1.54, 1.807) is 0 Å². The van der Waals surface area contributed by atoms with Gasteiger partial charge < -0.3 is 5.32 Å². The van der Waals surface area contributed by atoms with E-state index in [2.05, 4.69) is 45.1 Å². The Labute approximate surface area is 125 Å². The molecule has 0 amide bonds. The molecule has 1 aromatic rings. The first-order valence-electron chi connectivity index (χ1n) is 7.66. The minimum Gasteiger partial charge on any atom is -0.313 e. The van der Waals surface area contributed by atoms with E-state index in [9.17, 15) is 4.21 Å². The molecule has 20 heavy (non-hydrogen) atoms. The van der Waals surface area contributed by atoms with E-state index in [1.165, 1.54) is 18.4 Å². The molecular weight excluding hydrogens is 266 g/mol. The Kier molecular flexibility index (Phi) is 5.03. The molecule has 3 unspecified atom stereocenters. The summed E-state index contributed by atoms with van der Waals surface area (Å²) in [6.45, 7) is 9.75. The minimum atomic E-state index is -0.921. The van der Waals surface area contributed by atoms with Crippen LogP contribution in [0, 0.1) is 12.3 Å². The first-order valence-corrected chi connectivity index (χ1v) is 8.87. The van der Waals surface area contributed by atoms with Crippen molar-refractivity contribution in [3.63, 3.8) is 0 Å². The lowest BCUT2D eigenvalue weighted by Gasteiger charge is -2.44. The number of nitrogens with one attached hydrogen (secondary N) is 1. The predicted octanol–water partition coefficient (Wildman–Crippen LogP) is 3.66. The van der Waals surface area contributed by atoms with Crippen LogP contribution in [-0.4, -0.2) is 22.0 Å². The van der Waals surface area contributed by atoms with Crippen LogP contribution < -0.4 is 5.32 Å². The number of benzene rings is 1. The van der Waals surface area contributed by atoms with E-state index >= 15 is 0 Å². The number of rotatable bonds is 4. The van der Waals surface area contributed by atoms with E-state index in [4.69, 9.17) is 0 Å². The lowest BCUT2D eigenvalue weighted by molar-refractivity contribution is 0.174. The van der Waals surface area contributed by atoms with Crippen molar-refractivity contribution in [1.29, 1.82) is 0 Å². The van der Waals surface area contributed by atoms with E-state index in [0.29, 0.717) is 6.04 Å². The average Bonchev–Trinajstić information content (AvgIpc) is 2.40. The van der Waals surface area contributed by atoms with Gasteiger partial charge in [0.25, 0.3) is 0 Å². The molecule has 1 aliphatic carbocycles. The molecule has 1 aromatic carbocycles. The van der Waals surface area contributed by atoms with Gasteiger partial charge in [-0.3, -0.25) is 4.21 Å². The van der Waals surface area contributed by atoms with Crippen molar-refractivity contribution in [1.82, 2.24) is 5.32 Å². The van der Waals surface area contributed by atoms with Crippen LogP contribution in [0.25, 0.3) is 0 Å². The van der Waals surface area contributed by atoms with Gasteiger partial charge in [0.15, 0.2) is 0 Å². The molecule has 3 atom stereocenters. The maximum atomic E-state index is 13.0. The Balaban J connectivity index is 2.26. The fraction of sp³-hybridized carbons (Fsp3) is 0.647. The molecule has 0 aliphatic heterocycles. The average molecular weight is 293 g/mol. The molecule has 0 spiro atoms. The maximum absolute atomic E-state index is 13.0. The quantitative estimate of drug-likeness (QED) is 0.918. The highest BCUT2D eigenvalue weighted by molar-refractivity contribution is 7.85. The molecule has 0 radical (unpaired) electrons. The second kappa shape index (κ2) is 6.40. The standard InChI is InChI=1S/C17H27NOS/c1-5-18-16-15(10-7-11-17(16,3)4)20(19)14-9-6-8-13(2)12-14/h6,8-9,12,15-16,18H,5,7,10-11H2,1-4H3. The van der Waals surface area contributed by atoms with Crippen LogP contribution in [0.15, 0.2) is 29.2 Å². The van der Waals surface area contributed by atoms with Gasteiger partial charge in [0, 0.05) is 10.9 Å². The summed E-state index contributed by atoms with van der Waals surface area (Å²) in [6.07, 6.45) is 3.45. The van der Waals surface area contributed by atoms with Gasteiger partial charge in [-0.2, -0.15) is 0 Å². The summed E-state index contributed by atoms with van der Waals surface area (Å²) in [4.78, 5) is 0.982. The lowest BCUT2D eigenvalue weighted by Crippen LogP contribution is -2.53. The smallest absolute Gasteiger partial charge is 0.0576 e. The Morgan fingerprint density at radius 3 is 2.80 bits per heavy atom. The van der Waals surface area contributed by atoms with E-state index in [-0.39, 0.29) is 10.7 Å². The highest BCUT2D eigenvalue weighted by Gasteiger charge is 2.41. The number of hydrogen-bond donors (Lipinski definition) is 1. The molecule has 2 nitrogen and oxygen atoms in total. The maximum Gasteiger partial charge on any atom is 0.0576 e. The fourth-order valence-corrected chi connectivity index (χ4v) is 5.31. The molecule has 1 saturated carbocycles. The van der Waals surface area contributed by atoms with Gasteiger partial charge in [-0.1, -0.05) is 39.3 Å². The zero-order valence-corrected chi connectivity index (χ0v) is 13.9. The van der Waals surface area contributed by atoms with Crippen molar-refractivity contribution in [3.8, 4) is 0 Å². The molecule has 3 heteroatoms. The van der Waals surface area contributed by atoms with E-state index in [1.807, 2.05) is 12.1 Å². The summed E-state index contributed by atoms with van der Waals surface area (Å²) in [5, 5.41) is 3.82. The molecular formula is C17H27NOS. The first kappa shape index (κ1) is 15.7. The molecule has 1 fully saturated rings. The van der Waals surface area contributed by atoms with Crippen molar-refractivity contribution in [2.24, 2.45) is 5.41 Å². The molecule has 0 aromatic heterocycles. The van der Waals surface area contributed by atoms with Crippen molar-refractivity contribution in [3.05, 3.63) is 29.8 Å². The van der Waals surface area contributed by atoms with E-state index in [0.717, 1.165) is 17.9 Å². The van der Waals surface area contributed by atoms with Crippen LogP contribution in [0.1, 0.15) is 45.6 Å². The lowest BCUT2D eigenvalue weighted by atomic mass is 9.73. The van der Waals surface area contributed by atoms with Gasteiger partial charge in [0.2, 0.25) is 0 Å². The normalized spacial score (nSPS) is 27.2. The van der Waals surface area contributed by atoms with Crippen LogP contribution in [0.3, 0.4) is 0 Å². The Morgan fingerprint density at radius 2 is 2.15 bits per heavy atom. The van der Waals surface area contributed by atoms with Crippen LogP contribution in [-0.2, 0) is 10.8 Å². The summed E-state index contributed by atoms with van der Waals surface area (Å²) in [5.41, 5.74) is 1.41. The number of aryl methyl sites for hydroxylation is 1. The topological polar surface area (TPSA) is 29.1 Å². The highest BCUT2D eigenvalue weighted by Crippen LogP contribution is 2.39. The van der Waals surface area contributed by atoms with Gasteiger partial charge >= 0.3 is 0 Å². The molecule has 112 valence electrons. The molecule has 1 aliphatic rings. The van der Waals surface area contributed by atoms with Crippen molar-refractivity contribution < 1.29 is 4.21 Å². The molecule has 1 N–H and O–H groups in total. The Morgan fingerprint density at radius 1 is 1.40 bits per heavy atom. The largest absolute Gasteiger partial charge is 0.313 e. The van der Waals surface area contributed by atoms with Crippen LogP contribution >= 0.6 is 0 Å². The summed E-state index contributed by atoms with van der Waals surface area (Å²) >= 11 is 0. The molecule has 0 heterocycles. The summed E-state index contributed by atoms with van der Waals surface area (Å²) in [6, 6.07) is 8.49. The van der Waals surface area contributed by atoms with Gasteiger partial charge in [0.1, 0.15) is 0 Å². The third kappa shape index (κ3) is 3.32. The highest BCUT2D eigenvalue weighted by atomic mass is 32.2. The monoisotopic (exact) mass is 293 g/mol. The van der Waals surface area contributed by atoms with E-state index < -0.39 is 10.8 Å². The van der Waals surface area contributed by atoms with Crippen LogP contribution in [0.5, 0.6) is 0 Å². The van der Waals surface area contributed by atoms with Crippen molar-refractivity contribution in [2.75, 3.05) is 6.54 Å². The third-order valence-electron chi connectivity index (χ3n) is 4.44. The van der Waals surface area contributed by atoms with Crippen molar-refractivity contribution >= 4 is 10.8 Å². The summed E-state index contributed by atoms with van der Waals surface area (Å²) < 4.78 is 13.0. The van der Waals surface area contributed by atoms with Gasteiger partial charge in [0.05, 0.1) is 16.0 Å². The molecule has 0 bridgehead atoms. The Hall–Kier alpha value is -0.670. The second-order valence-electron chi connectivity index (χ2n) is 6.57. The van der Waals surface area contributed by atoms with Gasteiger partial charge in [-0.05, 0) is 49.4 Å². The summed E-state index contributed by atoms with van der Waals surface area (Å²) in [7, 11) is -0.921. The third-order valence-corrected chi connectivity index (χ3v) is 6.22. The Bertz CT molecular complexity index is 484. The van der Waals surface area contributed by atoms with Crippen LogP contribution in [0.4, 0.5) is 0 Å². The molecule has 0 saturated heterocycles. The predicted molar refractivity (Wildman–Crippen MR) is 86.5 cm³/mol. The number of hydrogen-bond acceptors (Lipinski definition) is 2. The second-order valence-corrected chi connectivity index (χ2v) is 8.24.